The molecule has 0 aliphatic carbocycles. The summed E-state index contributed by atoms with van der Waals surface area (Å²) in [6, 6.07) is 0. The molecule has 5 atom stereocenters. The first-order valence-corrected chi connectivity index (χ1v) is 12.3. The number of hydrogen-bond acceptors (Lipinski definition) is 12. The van der Waals surface area contributed by atoms with Crippen molar-refractivity contribution < 1.29 is 66.2 Å². The molecule has 0 spiro atoms. The molecule has 2 heterocycles. The minimum Gasteiger partial charge on any atom is -0.478 e. The van der Waals surface area contributed by atoms with Crippen molar-refractivity contribution in [2.45, 2.75) is 24.9 Å². The molecule has 5 unspecified atom stereocenters. The molecule has 21 heteroatoms. The van der Waals surface area contributed by atoms with Crippen LogP contribution in [-0.4, -0.2) is 64.1 Å². The molecule has 0 saturated carbocycles. The van der Waals surface area contributed by atoms with E-state index in [9.17, 15) is 33.3 Å². The molecular formula is C10H16N3O15P3. The van der Waals surface area contributed by atoms with Gasteiger partial charge in [0.15, 0.2) is 0 Å². The van der Waals surface area contributed by atoms with Gasteiger partial charge in [-0.3, -0.25) is 9.09 Å². The van der Waals surface area contributed by atoms with Gasteiger partial charge >= 0.3 is 35.1 Å². The van der Waals surface area contributed by atoms with E-state index in [4.69, 9.17) is 30.3 Å². The molecule has 1 saturated heterocycles. The zero-order chi connectivity index (χ0) is 23.8. The maximum absolute atomic E-state index is 11.9. The lowest BCUT2D eigenvalue weighted by Gasteiger charge is -2.19. The zero-order valence-corrected chi connectivity index (χ0v) is 17.6. The number of phosphoric acid groups is 3. The van der Waals surface area contributed by atoms with Gasteiger partial charge in [0.25, 0.3) is 0 Å². The Morgan fingerprint density at radius 1 is 1.23 bits per heavy atom. The number of nitrogens with zero attached hydrogens (tertiary/aromatic N) is 2. The predicted octanol–water partition coefficient (Wildman–Crippen LogP) is -1.48. The van der Waals surface area contributed by atoms with Crippen LogP contribution in [0.2, 0.25) is 0 Å². The normalized spacial score (nSPS) is 25.6. The standard InChI is InChI=1S/C10H16N3O15P3/c11-8-4(9(15)16)2-13(10(17)12-8)7-1-5(14)6(26-7)3-25-30(21,22)28-31(23,24)27-29(18,19)20/h2,5-7,14H,1,3H2,(H,15,16)(H,21,22)(H,23,24)(H2,11,12,17)(H2,18,19,20). The van der Waals surface area contributed by atoms with Crippen LogP contribution in [0.4, 0.5) is 5.82 Å². The first-order chi connectivity index (χ1) is 14.0. The number of aromatic nitrogens is 2. The molecule has 0 bridgehead atoms. The fraction of sp³-hybridized carbons (Fsp3) is 0.500. The van der Waals surface area contributed by atoms with E-state index < -0.39 is 71.6 Å². The molecule has 8 N–H and O–H groups in total. The first kappa shape index (κ1) is 25.7. The maximum atomic E-state index is 11.9. The molecule has 176 valence electrons. The van der Waals surface area contributed by atoms with Crippen molar-refractivity contribution in [1.82, 2.24) is 9.55 Å². The van der Waals surface area contributed by atoms with Crippen LogP contribution < -0.4 is 11.4 Å². The van der Waals surface area contributed by atoms with Gasteiger partial charge in [-0.2, -0.15) is 13.6 Å². The van der Waals surface area contributed by atoms with Crippen LogP contribution in [0.25, 0.3) is 0 Å². The van der Waals surface area contributed by atoms with Crippen molar-refractivity contribution in [1.29, 1.82) is 0 Å². The predicted molar refractivity (Wildman–Crippen MR) is 94.2 cm³/mol. The Bertz CT molecular complexity index is 1050. The Balaban J connectivity index is 2.07. The Morgan fingerprint density at radius 2 is 1.84 bits per heavy atom. The molecule has 1 fully saturated rings. The molecule has 0 amide bonds. The van der Waals surface area contributed by atoms with Crippen LogP contribution in [0.15, 0.2) is 11.0 Å². The van der Waals surface area contributed by atoms with E-state index in [1.807, 2.05) is 0 Å². The number of carboxylic acids is 1. The number of carbonyl (C=O) groups is 1. The first-order valence-electron chi connectivity index (χ1n) is 7.73. The smallest absolute Gasteiger partial charge is 0.478 e. The third-order valence-electron chi connectivity index (χ3n) is 3.54. The molecule has 1 aromatic rings. The average molecular weight is 511 g/mol. The fourth-order valence-electron chi connectivity index (χ4n) is 2.36. The summed E-state index contributed by atoms with van der Waals surface area (Å²) >= 11 is 0. The van der Waals surface area contributed by atoms with E-state index in [-0.39, 0.29) is 6.42 Å². The summed E-state index contributed by atoms with van der Waals surface area (Å²) in [6.45, 7) is -0.968. The second-order valence-corrected chi connectivity index (χ2v) is 10.3. The van der Waals surface area contributed by atoms with Crippen LogP contribution in [0.1, 0.15) is 23.0 Å². The highest BCUT2D eigenvalue weighted by Crippen LogP contribution is 2.66. The van der Waals surface area contributed by atoms with E-state index in [0.29, 0.717) is 4.57 Å². The number of aliphatic hydroxyl groups excluding tert-OH is 1. The van der Waals surface area contributed by atoms with E-state index in [1.165, 1.54) is 0 Å². The lowest BCUT2D eigenvalue weighted by Crippen LogP contribution is -2.30. The number of aromatic carboxylic acids is 1. The summed E-state index contributed by atoms with van der Waals surface area (Å²) in [7, 11) is -16.7. The molecule has 18 nitrogen and oxygen atoms in total. The number of hydrogen-bond donors (Lipinski definition) is 7. The van der Waals surface area contributed by atoms with Gasteiger partial charge in [0.05, 0.1) is 12.7 Å². The van der Waals surface area contributed by atoms with E-state index >= 15 is 0 Å². The van der Waals surface area contributed by atoms with Crippen LogP contribution in [-0.2, 0) is 31.6 Å². The highest BCUT2D eigenvalue weighted by atomic mass is 31.3. The quantitative estimate of drug-likeness (QED) is 0.186. The highest BCUT2D eigenvalue weighted by Gasteiger charge is 2.43. The van der Waals surface area contributed by atoms with Crippen molar-refractivity contribution in [3.8, 4) is 0 Å². The van der Waals surface area contributed by atoms with Gasteiger partial charge < -0.3 is 40.3 Å². The van der Waals surface area contributed by atoms with E-state index in [2.05, 4.69) is 18.1 Å². The summed E-state index contributed by atoms with van der Waals surface area (Å²) < 4.78 is 50.9. The molecular weight excluding hydrogens is 495 g/mol. The van der Waals surface area contributed by atoms with Crippen LogP contribution >= 0.6 is 23.5 Å². The topological polar surface area (TPSA) is 287 Å². The van der Waals surface area contributed by atoms with Crippen molar-refractivity contribution in [3.05, 3.63) is 22.2 Å². The highest BCUT2D eigenvalue weighted by molar-refractivity contribution is 7.66. The SMILES string of the molecule is Nc1nc(=O)n(C2CC(O)C(COP(=O)(O)OP(=O)(O)OP(=O)(O)O)O2)cc1C(=O)O. The third-order valence-corrected chi connectivity index (χ3v) is 7.35. The molecule has 0 aromatic carbocycles. The number of nitrogens with two attached hydrogens (primary N) is 1. The van der Waals surface area contributed by atoms with E-state index in [1.54, 1.807) is 0 Å². The van der Waals surface area contributed by atoms with Gasteiger partial charge in [0, 0.05) is 12.6 Å². The minimum atomic E-state index is -5.72. The Kier molecular flexibility index (Phi) is 7.60. The van der Waals surface area contributed by atoms with Gasteiger partial charge in [-0.25, -0.2) is 23.3 Å². The summed E-state index contributed by atoms with van der Waals surface area (Å²) in [5.41, 5.74) is 3.79. The number of carboxylic acid groups (broad SMARTS) is 1. The lowest BCUT2D eigenvalue weighted by atomic mass is 10.2. The largest absolute Gasteiger partial charge is 0.490 e. The second kappa shape index (κ2) is 9.15. The minimum absolute atomic E-state index is 0.324. The Hall–Kier alpha value is -1.52. The maximum Gasteiger partial charge on any atom is 0.490 e. The van der Waals surface area contributed by atoms with Crippen molar-refractivity contribution >= 4 is 35.3 Å². The van der Waals surface area contributed by atoms with Gasteiger partial charge in [-0.05, 0) is 0 Å². The number of rotatable bonds is 9. The third kappa shape index (κ3) is 7.25. The average Bonchev–Trinajstić information content (AvgIpc) is 2.90. The molecule has 2 rings (SSSR count). The van der Waals surface area contributed by atoms with Gasteiger partial charge in [-0.1, -0.05) is 0 Å². The molecule has 1 aliphatic heterocycles. The Morgan fingerprint density at radius 3 is 2.39 bits per heavy atom. The van der Waals surface area contributed by atoms with E-state index in [0.717, 1.165) is 6.20 Å². The van der Waals surface area contributed by atoms with Crippen molar-refractivity contribution in [2.75, 3.05) is 12.3 Å². The summed E-state index contributed by atoms with van der Waals surface area (Å²) in [6.07, 6.45) is -3.66. The molecule has 31 heavy (non-hydrogen) atoms. The van der Waals surface area contributed by atoms with Crippen molar-refractivity contribution in [2.24, 2.45) is 0 Å². The monoisotopic (exact) mass is 511 g/mol. The number of anilines is 1. The van der Waals surface area contributed by atoms with Crippen LogP contribution in [0.5, 0.6) is 0 Å². The lowest BCUT2D eigenvalue weighted by molar-refractivity contribution is -0.0450. The summed E-state index contributed by atoms with van der Waals surface area (Å²) in [5, 5.41) is 19.0. The van der Waals surface area contributed by atoms with Gasteiger partial charge in [-0.15, -0.1) is 0 Å². The van der Waals surface area contributed by atoms with Crippen molar-refractivity contribution in [3.63, 3.8) is 0 Å². The number of phosphoric ester groups is 1. The summed E-state index contributed by atoms with van der Waals surface area (Å²) in [5.74, 6) is -2.06. The van der Waals surface area contributed by atoms with Crippen LogP contribution in [0.3, 0.4) is 0 Å². The fourth-order valence-corrected chi connectivity index (χ4v) is 5.39. The Labute approximate surface area is 171 Å². The number of aliphatic hydroxyl groups is 1. The van der Waals surface area contributed by atoms with Gasteiger partial charge in [0.2, 0.25) is 0 Å². The number of ether oxygens (including phenoxy) is 1. The van der Waals surface area contributed by atoms with Crippen LogP contribution in [0, 0.1) is 0 Å². The summed E-state index contributed by atoms with van der Waals surface area (Å²) in [4.78, 5) is 61.8. The molecule has 1 aliphatic rings. The molecule has 1 aromatic heterocycles. The molecule has 0 radical (unpaired) electrons. The zero-order valence-electron chi connectivity index (χ0n) is 14.9. The second-order valence-electron chi connectivity index (χ2n) is 5.85. The van der Waals surface area contributed by atoms with Gasteiger partial charge in [0.1, 0.15) is 23.7 Å². The number of nitrogen functional groups attached to an aromatic ring is 1.